The first-order chi connectivity index (χ1) is 10.8. The van der Waals surface area contributed by atoms with Gasteiger partial charge in [0.15, 0.2) is 4.90 Å². The van der Waals surface area contributed by atoms with E-state index in [0.29, 0.717) is 18.6 Å². The van der Waals surface area contributed by atoms with Crippen molar-refractivity contribution in [2.24, 2.45) is 5.73 Å². The predicted molar refractivity (Wildman–Crippen MR) is 88.8 cm³/mol. The largest absolute Gasteiger partial charge is 0.496 e. The van der Waals surface area contributed by atoms with Crippen LogP contribution in [0.15, 0.2) is 17.0 Å². The van der Waals surface area contributed by atoms with Crippen molar-refractivity contribution in [3.05, 3.63) is 12.1 Å². The molecular formula is C15H26N2O5S. The van der Waals surface area contributed by atoms with Gasteiger partial charge in [0.2, 0.25) is 10.0 Å². The summed E-state index contributed by atoms with van der Waals surface area (Å²) in [6.07, 6.45) is 1.14. The maximum Gasteiger partial charge on any atom is 0.248 e. The number of rotatable bonds is 9. The van der Waals surface area contributed by atoms with Gasteiger partial charge in [-0.2, -0.15) is 0 Å². The molecule has 132 valence electrons. The fourth-order valence-electron chi connectivity index (χ4n) is 2.30. The number of sulfonamides is 1. The summed E-state index contributed by atoms with van der Waals surface area (Å²) in [7, 11) is 0.364. The van der Waals surface area contributed by atoms with Gasteiger partial charge in [0.05, 0.1) is 21.3 Å². The Bertz CT molecular complexity index is 593. The molecule has 0 saturated carbocycles. The monoisotopic (exact) mass is 346 g/mol. The lowest BCUT2D eigenvalue weighted by molar-refractivity contribution is 0.348. The molecule has 0 bridgehead atoms. The van der Waals surface area contributed by atoms with E-state index in [1.165, 1.54) is 33.5 Å². The number of nitrogens with one attached hydrogen (secondary N) is 1. The Morgan fingerprint density at radius 1 is 1.04 bits per heavy atom. The first-order valence-corrected chi connectivity index (χ1v) is 8.85. The molecule has 1 rings (SSSR count). The summed E-state index contributed by atoms with van der Waals surface area (Å²) >= 11 is 0. The van der Waals surface area contributed by atoms with E-state index in [-0.39, 0.29) is 22.9 Å². The van der Waals surface area contributed by atoms with Crippen LogP contribution in [0, 0.1) is 0 Å². The summed E-state index contributed by atoms with van der Waals surface area (Å²) in [6.45, 7) is 3.97. The van der Waals surface area contributed by atoms with E-state index in [2.05, 4.69) is 4.72 Å². The lowest BCUT2D eigenvalue weighted by Crippen LogP contribution is -2.52. The van der Waals surface area contributed by atoms with Gasteiger partial charge >= 0.3 is 0 Å². The van der Waals surface area contributed by atoms with Gasteiger partial charge in [-0.1, -0.05) is 13.8 Å². The number of hydrogen-bond donors (Lipinski definition) is 2. The molecule has 0 fully saturated rings. The first kappa shape index (κ1) is 19.5. The van der Waals surface area contributed by atoms with Crippen molar-refractivity contribution in [2.45, 2.75) is 37.1 Å². The quantitative estimate of drug-likeness (QED) is 0.703. The standard InChI is InChI=1S/C15H26N2O5S/c1-6-15(7-2,10-16)17-23(18,19)14-12(21-4)8-11(20-3)9-13(14)22-5/h8-9,17H,6-7,10,16H2,1-5H3. The Morgan fingerprint density at radius 2 is 1.52 bits per heavy atom. The molecule has 0 atom stereocenters. The van der Waals surface area contributed by atoms with Crippen LogP contribution >= 0.6 is 0 Å². The van der Waals surface area contributed by atoms with E-state index < -0.39 is 15.6 Å². The molecule has 1 aromatic carbocycles. The molecule has 0 aliphatic heterocycles. The SMILES string of the molecule is CCC(CC)(CN)NS(=O)(=O)c1c(OC)cc(OC)cc1OC. The van der Waals surface area contributed by atoms with Crippen LogP contribution < -0.4 is 24.7 Å². The minimum atomic E-state index is -3.90. The zero-order valence-electron chi connectivity index (χ0n) is 14.3. The van der Waals surface area contributed by atoms with Crippen LogP contribution in [0.1, 0.15) is 26.7 Å². The molecular weight excluding hydrogens is 320 g/mol. The minimum absolute atomic E-state index is 0.0666. The summed E-state index contributed by atoms with van der Waals surface area (Å²) in [5.74, 6) is 0.729. The normalized spacial score (nSPS) is 12.1. The van der Waals surface area contributed by atoms with E-state index in [4.69, 9.17) is 19.9 Å². The Hall–Kier alpha value is -1.51. The fourth-order valence-corrected chi connectivity index (χ4v) is 4.16. The van der Waals surface area contributed by atoms with Gasteiger partial charge in [-0.05, 0) is 12.8 Å². The van der Waals surface area contributed by atoms with E-state index >= 15 is 0 Å². The molecule has 0 saturated heterocycles. The van der Waals surface area contributed by atoms with Gasteiger partial charge in [-0.3, -0.25) is 0 Å². The van der Waals surface area contributed by atoms with Crippen LogP contribution in [0.2, 0.25) is 0 Å². The third-order valence-corrected chi connectivity index (χ3v) is 5.68. The summed E-state index contributed by atoms with van der Waals surface area (Å²) in [5.41, 5.74) is 5.08. The van der Waals surface area contributed by atoms with Gasteiger partial charge < -0.3 is 19.9 Å². The minimum Gasteiger partial charge on any atom is -0.496 e. The number of benzene rings is 1. The predicted octanol–water partition coefficient (Wildman–Crippen LogP) is 1.51. The highest BCUT2D eigenvalue weighted by Gasteiger charge is 2.34. The Morgan fingerprint density at radius 3 is 1.83 bits per heavy atom. The van der Waals surface area contributed by atoms with Crippen LogP contribution in [0.5, 0.6) is 17.2 Å². The Kier molecular flexibility index (Phi) is 6.67. The Labute approximate surface area is 138 Å². The van der Waals surface area contributed by atoms with Crippen molar-refractivity contribution >= 4 is 10.0 Å². The molecule has 1 aromatic rings. The molecule has 8 heteroatoms. The molecule has 0 heterocycles. The zero-order valence-corrected chi connectivity index (χ0v) is 15.1. The van der Waals surface area contributed by atoms with Crippen LogP contribution in [-0.2, 0) is 10.0 Å². The number of ether oxygens (including phenoxy) is 3. The van der Waals surface area contributed by atoms with Gasteiger partial charge in [-0.15, -0.1) is 0 Å². The molecule has 0 aromatic heterocycles. The lowest BCUT2D eigenvalue weighted by atomic mass is 9.95. The molecule has 23 heavy (non-hydrogen) atoms. The summed E-state index contributed by atoms with van der Waals surface area (Å²) in [4.78, 5) is -0.0666. The van der Waals surface area contributed by atoms with Gasteiger partial charge in [0.1, 0.15) is 17.2 Å². The maximum absolute atomic E-state index is 12.9. The molecule has 0 radical (unpaired) electrons. The maximum atomic E-state index is 12.9. The zero-order chi connectivity index (χ0) is 17.7. The molecule has 0 unspecified atom stereocenters. The fraction of sp³-hybridized carbons (Fsp3) is 0.600. The summed E-state index contributed by atoms with van der Waals surface area (Å²) in [5, 5.41) is 0. The second-order valence-electron chi connectivity index (χ2n) is 5.16. The van der Waals surface area contributed by atoms with Gasteiger partial charge in [0, 0.05) is 24.2 Å². The second kappa shape index (κ2) is 7.85. The molecule has 0 spiro atoms. The second-order valence-corrected chi connectivity index (χ2v) is 6.78. The number of nitrogens with two attached hydrogens (primary N) is 1. The molecule has 0 amide bonds. The average Bonchev–Trinajstić information content (AvgIpc) is 2.58. The number of methoxy groups -OCH3 is 3. The molecule has 0 aliphatic carbocycles. The summed E-state index contributed by atoms with van der Waals surface area (Å²) < 4.78 is 44.1. The smallest absolute Gasteiger partial charge is 0.248 e. The Balaban J connectivity index is 3.48. The van der Waals surface area contributed by atoms with Crippen molar-refractivity contribution in [3.63, 3.8) is 0 Å². The lowest BCUT2D eigenvalue weighted by Gasteiger charge is -2.31. The van der Waals surface area contributed by atoms with E-state index in [9.17, 15) is 8.42 Å². The van der Waals surface area contributed by atoms with E-state index in [1.807, 2.05) is 13.8 Å². The van der Waals surface area contributed by atoms with Crippen LogP contribution in [0.4, 0.5) is 0 Å². The third kappa shape index (κ3) is 4.07. The van der Waals surface area contributed by atoms with Crippen LogP contribution in [-0.4, -0.2) is 41.8 Å². The van der Waals surface area contributed by atoms with Crippen molar-refractivity contribution in [1.29, 1.82) is 0 Å². The third-order valence-electron chi connectivity index (χ3n) is 4.03. The average molecular weight is 346 g/mol. The van der Waals surface area contributed by atoms with Crippen molar-refractivity contribution < 1.29 is 22.6 Å². The van der Waals surface area contributed by atoms with Gasteiger partial charge in [0.25, 0.3) is 0 Å². The molecule has 0 aliphatic rings. The first-order valence-electron chi connectivity index (χ1n) is 7.37. The molecule has 3 N–H and O–H groups in total. The van der Waals surface area contributed by atoms with Crippen LogP contribution in [0.25, 0.3) is 0 Å². The van der Waals surface area contributed by atoms with Crippen molar-refractivity contribution in [3.8, 4) is 17.2 Å². The van der Waals surface area contributed by atoms with E-state index in [1.54, 1.807) is 0 Å². The van der Waals surface area contributed by atoms with Crippen molar-refractivity contribution in [1.82, 2.24) is 4.72 Å². The topological polar surface area (TPSA) is 99.9 Å². The van der Waals surface area contributed by atoms with Crippen molar-refractivity contribution in [2.75, 3.05) is 27.9 Å². The highest BCUT2D eigenvalue weighted by atomic mass is 32.2. The van der Waals surface area contributed by atoms with E-state index in [0.717, 1.165) is 0 Å². The highest BCUT2D eigenvalue weighted by molar-refractivity contribution is 7.89. The summed E-state index contributed by atoms with van der Waals surface area (Å²) in [6, 6.07) is 3.00. The number of hydrogen-bond acceptors (Lipinski definition) is 6. The highest BCUT2D eigenvalue weighted by Crippen LogP contribution is 2.38. The van der Waals surface area contributed by atoms with Crippen LogP contribution in [0.3, 0.4) is 0 Å². The van der Waals surface area contributed by atoms with Gasteiger partial charge in [-0.25, -0.2) is 13.1 Å². The molecule has 7 nitrogen and oxygen atoms in total.